The molecule has 1 aromatic carbocycles. The van der Waals surface area contributed by atoms with Crippen LogP contribution in [0.2, 0.25) is 15.2 Å². The Kier molecular flexibility index (Phi) is 5.23. The third-order valence-corrected chi connectivity index (χ3v) is 5.41. The molecule has 9 heteroatoms. The van der Waals surface area contributed by atoms with E-state index in [1.54, 1.807) is 28.9 Å². The van der Waals surface area contributed by atoms with Gasteiger partial charge in [0.1, 0.15) is 0 Å². The predicted octanol–water partition coefficient (Wildman–Crippen LogP) is 5.00. The summed E-state index contributed by atoms with van der Waals surface area (Å²) in [5, 5.41) is 8.70. The van der Waals surface area contributed by atoms with Crippen LogP contribution >= 0.6 is 34.8 Å². The highest BCUT2D eigenvalue weighted by atomic mass is 35.5. The van der Waals surface area contributed by atoms with E-state index in [4.69, 9.17) is 39.5 Å². The van der Waals surface area contributed by atoms with Crippen molar-refractivity contribution < 1.29 is 9.53 Å². The summed E-state index contributed by atoms with van der Waals surface area (Å²) in [6.07, 6.45) is 3.10. The van der Waals surface area contributed by atoms with Gasteiger partial charge in [0.15, 0.2) is 10.8 Å². The molecule has 1 aliphatic heterocycles. The van der Waals surface area contributed by atoms with Crippen molar-refractivity contribution in [2.24, 2.45) is 0 Å². The molecular formula is C18H15Cl3N4O2. The van der Waals surface area contributed by atoms with Crippen molar-refractivity contribution in [3.05, 3.63) is 51.2 Å². The van der Waals surface area contributed by atoms with E-state index in [1.165, 1.54) is 6.20 Å². The highest BCUT2D eigenvalue weighted by Gasteiger charge is 2.25. The molecule has 1 N–H and O–H groups in total. The molecular weight excluding hydrogens is 411 g/mol. The second-order valence-electron chi connectivity index (χ2n) is 6.22. The van der Waals surface area contributed by atoms with Gasteiger partial charge in [-0.2, -0.15) is 5.10 Å². The number of benzene rings is 1. The first kappa shape index (κ1) is 18.5. The summed E-state index contributed by atoms with van der Waals surface area (Å²) < 4.78 is 7.18. The van der Waals surface area contributed by atoms with Crippen LogP contribution in [0.25, 0.3) is 11.0 Å². The maximum absolute atomic E-state index is 12.6. The molecule has 0 unspecified atom stereocenters. The first-order valence-corrected chi connectivity index (χ1v) is 9.55. The maximum Gasteiger partial charge on any atom is 0.258 e. The van der Waals surface area contributed by atoms with Gasteiger partial charge in [-0.05, 0) is 37.1 Å². The van der Waals surface area contributed by atoms with Crippen LogP contribution < -0.4 is 5.32 Å². The van der Waals surface area contributed by atoms with Gasteiger partial charge in [0, 0.05) is 30.1 Å². The largest absolute Gasteiger partial charge is 0.381 e. The predicted molar refractivity (Wildman–Crippen MR) is 106 cm³/mol. The van der Waals surface area contributed by atoms with Crippen molar-refractivity contribution in [3.8, 4) is 0 Å². The third kappa shape index (κ3) is 3.62. The highest BCUT2D eigenvalue weighted by molar-refractivity contribution is 6.43. The number of carbonyl (C=O) groups is 1. The van der Waals surface area contributed by atoms with Crippen LogP contribution in [0.4, 0.5) is 5.69 Å². The minimum atomic E-state index is -0.383. The number of amides is 1. The second kappa shape index (κ2) is 7.64. The average Bonchev–Trinajstić information content (AvgIpc) is 3.02. The lowest BCUT2D eigenvalue weighted by Crippen LogP contribution is -2.20. The summed E-state index contributed by atoms with van der Waals surface area (Å²) >= 11 is 18.7. The van der Waals surface area contributed by atoms with E-state index in [-0.39, 0.29) is 27.7 Å². The highest BCUT2D eigenvalue weighted by Crippen LogP contribution is 2.34. The van der Waals surface area contributed by atoms with E-state index in [0.717, 1.165) is 12.8 Å². The molecule has 6 nitrogen and oxygen atoms in total. The van der Waals surface area contributed by atoms with Crippen LogP contribution in [0.15, 0.2) is 30.5 Å². The number of hydrogen-bond donors (Lipinski definition) is 1. The Morgan fingerprint density at radius 2 is 1.85 bits per heavy atom. The number of rotatable bonds is 3. The zero-order chi connectivity index (χ0) is 19.0. The van der Waals surface area contributed by atoms with E-state index in [2.05, 4.69) is 15.4 Å². The fourth-order valence-corrected chi connectivity index (χ4v) is 3.85. The van der Waals surface area contributed by atoms with Gasteiger partial charge in [-0.3, -0.25) is 4.79 Å². The van der Waals surface area contributed by atoms with Crippen LogP contribution in [-0.4, -0.2) is 33.9 Å². The molecule has 3 heterocycles. The number of anilines is 1. The Hall–Kier alpha value is -1.86. The van der Waals surface area contributed by atoms with E-state index < -0.39 is 0 Å². The molecule has 1 aliphatic rings. The molecule has 0 spiro atoms. The lowest BCUT2D eigenvalue weighted by molar-refractivity contribution is 0.0673. The number of nitrogens with zero attached hydrogens (tertiary/aromatic N) is 3. The van der Waals surface area contributed by atoms with Gasteiger partial charge < -0.3 is 10.1 Å². The van der Waals surface area contributed by atoms with E-state index in [9.17, 15) is 4.79 Å². The summed E-state index contributed by atoms with van der Waals surface area (Å²) in [5.41, 5.74) is 1.40. The van der Waals surface area contributed by atoms with E-state index in [0.29, 0.717) is 35.0 Å². The van der Waals surface area contributed by atoms with Gasteiger partial charge in [-0.25, -0.2) is 9.67 Å². The molecule has 4 rings (SSSR count). The van der Waals surface area contributed by atoms with Crippen molar-refractivity contribution in [2.45, 2.75) is 18.9 Å². The van der Waals surface area contributed by atoms with Crippen LogP contribution in [-0.2, 0) is 4.74 Å². The molecule has 0 radical (unpaired) electrons. The Balaban J connectivity index is 1.68. The van der Waals surface area contributed by atoms with Gasteiger partial charge in [0.2, 0.25) is 0 Å². The number of ether oxygens (including phenoxy) is 1. The normalized spacial score (nSPS) is 15.2. The number of aromatic nitrogens is 3. The molecule has 0 atom stereocenters. The smallest absolute Gasteiger partial charge is 0.258 e. The standard InChI is InChI=1S/C18H15Cl3N4O2/c19-10-1-3-11(4-2-10)23-18(26)13-9-22-17-14(15(13)20)16(21)24-25(17)12-5-7-27-8-6-12/h1-4,9,12H,5-8H2,(H,23,26). The van der Waals surface area contributed by atoms with Crippen LogP contribution in [0.5, 0.6) is 0 Å². The van der Waals surface area contributed by atoms with E-state index in [1.807, 2.05) is 0 Å². The minimum Gasteiger partial charge on any atom is -0.381 e. The van der Waals surface area contributed by atoms with Gasteiger partial charge >= 0.3 is 0 Å². The van der Waals surface area contributed by atoms with Crippen molar-refractivity contribution in [3.63, 3.8) is 0 Å². The van der Waals surface area contributed by atoms with Crippen molar-refractivity contribution in [1.82, 2.24) is 14.8 Å². The molecule has 1 amide bonds. The zero-order valence-corrected chi connectivity index (χ0v) is 16.4. The van der Waals surface area contributed by atoms with Gasteiger partial charge in [-0.15, -0.1) is 0 Å². The Labute approximate surface area is 170 Å². The Morgan fingerprint density at radius 3 is 2.56 bits per heavy atom. The van der Waals surface area contributed by atoms with Gasteiger partial charge in [0.05, 0.1) is 22.0 Å². The average molecular weight is 426 g/mol. The lowest BCUT2D eigenvalue weighted by Gasteiger charge is -2.22. The van der Waals surface area contributed by atoms with Gasteiger partial charge in [-0.1, -0.05) is 34.8 Å². The number of hydrogen-bond acceptors (Lipinski definition) is 4. The molecule has 1 saturated heterocycles. The third-order valence-electron chi connectivity index (χ3n) is 4.50. The first-order chi connectivity index (χ1) is 13.0. The number of pyridine rings is 1. The van der Waals surface area contributed by atoms with Crippen LogP contribution in [0, 0.1) is 0 Å². The minimum absolute atomic E-state index is 0.145. The van der Waals surface area contributed by atoms with Crippen molar-refractivity contribution in [1.29, 1.82) is 0 Å². The summed E-state index contributed by atoms with van der Waals surface area (Å²) in [4.78, 5) is 17.1. The summed E-state index contributed by atoms with van der Waals surface area (Å²) in [6.45, 7) is 1.33. The van der Waals surface area contributed by atoms with Crippen LogP contribution in [0.3, 0.4) is 0 Å². The topological polar surface area (TPSA) is 69.0 Å². The zero-order valence-electron chi connectivity index (χ0n) is 14.1. The molecule has 0 bridgehead atoms. The SMILES string of the molecule is O=C(Nc1ccc(Cl)cc1)c1cnc2c(c(Cl)nn2C2CCOCC2)c1Cl. The number of carbonyl (C=O) groups excluding carboxylic acids is 1. The fraction of sp³-hybridized carbons (Fsp3) is 0.278. The molecule has 0 saturated carbocycles. The summed E-state index contributed by atoms with van der Waals surface area (Å²) in [6, 6.07) is 6.93. The molecule has 27 heavy (non-hydrogen) atoms. The quantitative estimate of drug-likeness (QED) is 0.641. The molecule has 0 aliphatic carbocycles. The van der Waals surface area contributed by atoms with Crippen molar-refractivity contribution >= 4 is 57.4 Å². The van der Waals surface area contributed by atoms with Gasteiger partial charge in [0.25, 0.3) is 5.91 Å². The fourth-order valence-electron chi connectivity index (χ4n) is 3.10. The summed E-state index contributed by atoms with van der Waals surface area (Å²) in [5.74, 6) is -0.383. The maximum atomic E-state index is 12.6. The van der Waals surface area contributed by atoms with Crippen LogP contribution in [0.1, 0.15) is 29.2 Å². The second-order valence-corrected chi connectivity index (χ2v) is 7.40. The Bertz CT molecular complexity index is 998. The lowest BCUT2D eigenvalue weighted by atomic mass is 10.1. The molecule has 2 aromatic heterocycles. The number of halogens is 3. The van der Waals surface area contributed by atoms with E-state index >= 15 is 0 Å². The number of fused-ring (bicyclic) bond motifs is 1. The summed E-state index contributed by atoms with van der Waals surface area (Å²) in [7, 11) is 0. The monoisotopic (exact) mass is 424 g/mol. The molecule has 3 aromatic rings. The Morgan fingerprint density at radius 1 is 1.15 bits per heavy atom. The number of nitrogens with one attached hydrogen (secondary N) is 1. The van der Waals surface area contributed by atoms with Crippen molar-refractivity contribution in [2.75, 3.05) is 18.5 Å². The molecule has 140 valence electrons. The first-order valence-electron chi connectivity index (χ1n) is 8.41. The molecule has 1 fully saturated rings.